The van der Waals surface area contributed by atoms with E-state index in [-0.39, 0.29) is 0 Å². The molecule has 0 aliphatic rings. The summed E-state index contributed by atoms with van der Waals surface area (Å²) in [6.45, 7) is 4.67. The van der Waals surface area contributed by atoms with Gasteiger partial charge in [0.05, 0.1) is 0 Å². The number of unbranched alkanes of at least 4 members (excludes halogenated alkanes) is 9. The van der Waals surface area contributed by atoms with Crippen LogP contribution in [-0.2, 0) is 4.74 Å². The first-order valence-corrected chi connectivity index (χ1v) is 6.51. The van der Waals surface area contributed by atoms with Crippen molar-refractivity contribution in [2.24, 2.45) is 0 Å². The normalized spacial score (nSPS) is 10.5. The highest BCUT2D eigenvalue weighted by atomic mass is 16.5. The molecular weight excluding hydrogens is 184 g/mol. The molecule has 0 heterocycles. The van der Waals surface area contributed by atoms with Crippen LogP contribution in [0, 0.1) is 0 Å². The molecule has 0 N–H and O–H groups in total. The fourth-order valence-corrected chi connectivity index (χ4v) is 1.77. The molecule has 0 radical (unpaired) electrons. The van der Waals surface area contributed by atoms with Crippen LogP contribution in [0.15, 0.2) is 12.7 Å². The van der Waals surface area contributed by atoms with Crippen LogP contribution in [0.1, 0.15) is 64.2 Å². The Kier molecular flexibility index (Phi) is 13.4. The van der Waals surface area contributed by atoms with Gasteiger partial charge >= 0.3 is 0 Å². The van der Waals surface area contributed by atoms with Gasteiger partial charge in [-0.3, -0.25) is 0 Å². The number of rotatable bonds is 12. The second-order valence-electron chi connectivity index (χ2n) is 4.25. The Balaban J connectivity index is 2.83. The molecule has 0 aromatic carbocycles. The molecule has 0 atom stereocenters. The Labute approximate surface area is 95.9 Å². The third-order valence-corrected chi connectivity index (χ3v) is 2.76. The molecule has 0 aromatic rings. The molecule has 0 fully saturated rings. The molecule has 1 nitrogen and oxygen atoms in total. The quantitative estimate of drug-likeness (QED) is 0.336. The third-order valence-electron chi connectivity index (χ3n) is 2.76. The molecule has 0 amide bonds. The smallest absolute Gasteiger partial charge is 0.0462 e. The van der Waals surface area contributed by atoms with Crippen molar-refractivity contribution in [1.82, 2.24) is 0 Å². The van der Waals surface area contributed by atoms with Crippen molar-refractivity contribution in [3.05, 3.63) is 12.7 Å². The standard InChI is InChI=1S/C14H28O/c1-3-4-5-6-7-8-9-10-11-12-13-14-15-2/h3H,1,4-14H2,2H3. The second-order valence-corrected chi connectivity index (χ2v) is 4.25. The fraction of sp³-hybridized carbons (Fsp3) is 0.857. The lowest BCUT2D eigenvalue weighted by atomic mass is 10.1. The molecule has 0 aromatic heterocycles. The summed E-state index contributed by atoms with van der Waals surface area (Å²) in [5.74, 6) is 0. The molecule has 0 saturated carbocycles. The Hall–Kier alpha value is -0.300. The second kappa shape index (κ2) is 13.7. The van der Waals surface area contributed by atoms with Crippen LogP contribution < -0.4 is 0 Å². The van der Waals surface area contributed by atoms with Gasteiger partial charge in [0.2, 0.25) is 0 Å². The van der Waals surface area contributed by atoms with Crippen molar-refractivity contribution < 1.29 is 4.74 Å². The maximum atomic E-state index is 5.02. The SMILES string of the molecule is C=CCCCCCCCCCCCOC. The van der Waals surface area contributed by atoms with Crippen molar-refractivity contribution in [3.8, 4) is 0 Å². The Morgan fingerprint density at radius 3 is 1.73 bits per heavy atom. The predicted molar refractivity (Wildman–Crippen MR) is 68.2 cm³/mol. The lowest BCUT2D eigenvalue weighted by Crippen LogP contribution is -1.88. The van der Waals surface area contributed by atoms with Gasteiger partial charge < -0.3 is 4.74 Å². The molecule has 15 heavy (non-hydrogen) atoms. The van der Waals surface area contributed by atoms with Crippen LogP contribution in [-0.4, -0.2) is 13.7 Å². The van der Waals surface area contributed by atoms with Gasteiger partial charge in [-0.25, -0.2) is 0 Å². The van der Waals surface area contributed by atoms with Crippen molar-refractivity contribution in [1.29, 1.82) is 0 Å². The summed E-state index contributed by atoms with van der Waals surface area (Å²) in [6, 6.07) is 0. The molecule has 1 heteroatoms. The molecule has 0 aliphatic heterocycles. The highest BCUT2D eigenvalue weighted by Gasteiger charge is 1.92. The molecular formula is C14H28O. The fourth-order valence-electron chi connectivity index (χ4n) is 1.77. The third kappa shape index (κ3) is 13.7. The predicted octanol–water partition coefficient (Wildman–Crippen LogP) is 4.72. The molecule has 0 rings (SSSR count). The lowest BCUT2D eigenvalue weighted by molar-refractivity contribution is 0.192. The Morgan fingerprint density at radius 1 is 0.800 bits per heavy atom. The first-order valence-electron chi connectivity index (χ1n) is 6.51. The number of hydrogen-bond acceptors (Lipinski definition) is 1. The van der Waals surface area contributed by atoms with Crippen molar-refractivity contribution in [2.45, 2.75) is 64.2 Å². The summed E-state index contributed by atoms with van der Waals surface area (Å²) in [6.07, 6.45) is 15.5. The molecule has 90 valence electrons. The zero-order valence-electron chi connectivity index (χ0n) is 10.5. The first kappa shape index (κ1) is 14.7. The molecule has 0 bridgehead atoms. The van der Waals surface area contributed by atoms with E-state index in [4.69, 9.17) is 4.74 Å². The van der Waals surface area contributed by atoms with Gasteiger partial charge in [-0.1, -0.05) is 51.0 Å². The number of methoxy groups -OCH3 is 1. The van der Waals surface area contributed by atoms with Crippen molar-refractivity contribution in [2.75, 3.05) is 13.7 Å². The van der Waals surface area contributed by atoms with E-state index < -0.39 is 0 Å². The van der Waals surface area contributed by atoms with Gasteiger partial charge in [-0.15, -0.1) is 6.58 Å². The largest absolute Gasteiger partial charge is 0.385 e. The van der Waals surface area contributed by atoms with Crippen LogP contribution >= 0.6 is 0 Å². The molecule has 0 unspecified atom stereocenters. The van der Waals surface area contributed by atoms with Gasteiger partial charge in [0.15, 0.2) is 0 Å². The summed E-state index contributed by atoms with van der Waals surface area (Å²) in [4.78, 5) is 0. The van der Waals surface area contributed by atoms with Crippen molar-refractivity contribution in [3.63, 3.8) is 0 Å². The van der Waals surface area contributed by atoms with E-state index in [0.717, 1.165) is 6.61 Å². The Morgan fingerprint density at radius 2 is 1.27 bits per heavy atom. The minimum Gasteiger partial charge on any atom is -0.385 e. The van der Waals surface area contributed by atoms with Crippen LogP contribution in [0.25, 0.3) is 0 Å². The summed E-state index contributed by atoms with van der Waals surface area (Å²) in [5, 5.41) is 0. The van der Waals surface area contributed by atoms with Gasteiger partial charge in [-0.2, -0.15) is 0 Å². The highest BCUT2D eigenvalue weighted by molar-refractivity contribution is 4.65. The average Bonchev–Trinajstić information content (AvgIpc) is 2.26. The highest BCUT2D eigenvalue weighted by Crippen LogP contribution is 2.10. The van der Waals surface area contributed by atoms with E-state index in [0.29, 0.717) is 0 Å². The number of ether oxygens (including phenoxy) is 1. The number of allylic oxidation sites excluding steroid dienone is 1. The summed E-state index contributed by atoms with van der Waals surface area (Å²) in [5.41, 5.74) is 0. The zero-order valence-corrected chi connectivity index (χ0v) is 10.5. The van der Waals surface area contributed by atoms with Gasteiger partial charge in [0.25, 0.3) is 0 Å². The molecule has 0 aliphatic carbocycles. The van der Waals surface area contributed by atoms with E-state index in [9.17, 15) is 0 Å². The topological polar surface area (TPSA) is 9.23 Å². The number of hydrogen-bond donors (Lipinski definition) is 0. The molecule has 0 spiro atoms. The maximum absolute atomic E-state index is 5.02. The minimum absolute atomic E-state index is 0.932. The lowest BCUT2D eigenvalue weighted by Gasteiger charge is -2.01. The van der Waals surface area contributed by atoms with E-state index in [2.05, 4.69) is 6.58 Å². The average molecular weight is 212 g/mol. The van der Waals surface area contributed by atoms with Gasteiger partial charge in [0, 0.05) is 13.7 Å². The summed E-state index contributed by atoms with van der Waals surface area (Å²) >= 11 is 0. The maximum Gasteiger partial charge on any atom is 0.0462 e. The summed E-state index contributed by atoms with van der Waals surface area (Å²) < 4.78 is 5.02. The van der Waals surface area contributed by atoms with E-state index in [1.54, 1.807) is 7.11 Å². The summed E-state index contributed by atoms with van der Waals surface area (Å²) in [7, 11) is 1.78. The van der Waals surface area contributed by atoms with E-state index in [1.807, 2.05) is 6.08 Å². The minimum atomic E-state index is 0.932. The van der Waals surface area contributed by atoms with Crippen LogP contribution in [0.5, 0.6) is 0 Å². The van der Waals surface area contributed by atoms with E-state index in [1.165, 1.54) is 64.2 Å². The van der Waals surface area contributed by atoms with Crippen LogP contribution in [0.2, 0.25) is 0 Å². The van der Waals surface area contributed by atoms with Crippen molar-refractivity contribution >= 4 is 0 Å². The molecule has 0 saturated heterocycles. The van der Waals surface area contributed by atoms with Gasteiger partial charge in [0.1, 0.15) is 0 Å². The monoisotopic (exact) mass is 212 g/mol. The zero-order chi connectivity index (χ0) is 11.2. The Bertz CT molecular complexity index is 121. The first-order chi connectivity index (χ1) is 7.41. The van der Waals surface area contributed by atoms with Gasteiger partial charge in [-0.05, 0) is 19.3 Å². The van der Waals surface area contributed by atoms with Crippen LogP contribution in [0.3, 0.4) is 0 Å². The van der Waals surface area contributed by atoms with E-state index >= 15 is 0 Å². The van der Waals surface area contributed by atoms with Crippen LogP contribution in [0.4, 0.5) is 0 Å².